The molecule has 1 aromatic heterocycles. The first kappa shape index (κ1) is 19.4. The van der Waals surface area contributed by atoms with E-state index < -0.39 is 0 Å². The van der Waals surface area contributed by atoms with Gasteiger partial charge in [-0.2, -0.15) is 0 Å². The number of ether oxygens (including phenoxy) is 1. The van der Waals surface area contributed by atoms with Crippen LogP contribution in [0, 0.1) is 0 Å². The first-order valence-corrected chi connectivity index (χ1v) is 9.93. The van der Waals surface area contributed by atoms with E-state index in [4.69, 9.17) is 4.74 Å². The summed E-state index contributed by atoms with van der Waals surface area (Å²) in [4.78, 5) is 39.1. The van der Waals surface area contributed by atoms with E-state index in [1.165, 1.54) is 6.42 Å². The lowest BCUT2D eigenvalue weighted by molar-refractivity contribution is 0.0601. The van der Waals surface area contributed by atoms with Gasteiger partial charge < -0.3 is 19.4 Å². The molecule has 3 heterocycles. The van der Waals surface area contributed by atoms with Gasteiger partial charge in [-0.3, -0.25) is 4.79 Å². The molecule has 1 atom stereocenters. The third-order valence-corrected chi connectivity index (χ3v) is 5.35. The molecule has 2 amide bonds. The molecule has 0 aliphatic carbocycles. The van der Waals surface area contributed by atoms with Crippen molar-refractivity contribution in [2.24, 2.45) is 0 Å². The standard InChI is InChI=1S/C19H29N5O3/c1-3-15-7-5-6-8-24(15)18(25)16-13-21-17(14-20-16)22-9-11-23(12-10-22)19(26)27-4-2/h13-15H,3-12H2,1-2H3. The second-order valence-corrected chi connectivity index (χ2v) is 6.99. The number of hydrogen-bond donors (Lipinski definition) is 0. The van der Waals surface area contributed by atoms with Crippen molar-refractivity contribution in [2.45, 2.75) is 45.6 Å². The molecular formula is C19H29N5O3. The van der Waals surface area contributed by atoms with E-state index in [2.05, 4.69) is 21.8 Å². The van der Waals surface area contributed by atoms with Gasteiger partial charge >= 0.3 is 6.09 Å². The van der Waals surface area contributed by atoms with Gasteiger partial charge in [-0.15, -0.1) is 0 Å². The Hall–Kier alpha value is -2.38. The molecule has 2 fully saturated rings. The molecule has 8 heteroatoms. The largest absolute Gasteiger partial charge is 0.450 e. The smallest absolute Gasteiger partial charge is 0.409 e. The number of carbonyl (C=O) groups excluding carboxylic acids is 2. The van der Waals surface area contributed by atoms with E-state index in [9.17, 15) is 9.59 Å². The highest BCUT2D eigenvalue weighted by molar-refractivity contribution is 5.92. The monoisotopic (exact) mass is 375 g/mol. The summed E-state index contributed by atoms with van der Waals surface area (Å²) in [6.45, 7) is 7.64. The van der Waals surface area contributed by atoms with E-state index in [1.54, 1.807) is 24.2 Å². The van der Waals surface area contributed by atoms with Crippen molar-refractivity contribution in [1.82, 2.24) is 19.8 Å². The number of anilines is 1. The van der Waals surface area contributed by atoms with Crippen molar-refractivity contribution in [2.75, 3.05) is 44.2 Å². The molecule has 0 aromatic carbocycles. The second-order valence-electron chi connectivity index (χ2n) is 6.99. The minimum atomic E-state index is -0.267. The normalized spacial score (nSPS) is 20.5. The zero-order valence-electron chi connectivity index (χ0n) is 16.3. The molecule has 1 unspecified atom stereocenters. The van der Waals surface area contributed by atoms with Crippen LogP contribution in [0.4, 0.5) is 10.6 Å². The van der Waals surface area contributed by atoms with E-state index in [0.29, 0.717) is 44.5 Å². The predicted octanol–water partition coefficient (Wildman–Crippen LogP) is 2.16. The zero-order valence-corrected chi connectivity index (χ0v) is 16.3. The summed E-state index contributed by atoms with van der Waals surface area (Å²) in [5, 5.41) is 0. The fourth-order valence-electron chi connectivity index (χ4n) is 3.77. The highest BCUT2D eigenvalue weighted by atomic mass is 16.6. The van der Waals surface area contributed by atoms with Crippen molar-refractivity contribution >= 4 is 17.8 Å². The van der Waals surface area contributed by atoms with Gasteiger partial charge in [-0.1, -0.05) is 6.92 Å². The van der Waals surface area contributed by atoms with E-state index in [0.717, 1.165) is 31.6 Å². The van der Waals surface area contributed by atoms with Crippen LogP contribution in [0.1, 0.15) is 50.0 Å². The summed E-state index contributed by atoms with van der Waals surface area (Å²) in [6.07, 6.45) is 7.26. The van der Waals surface area contributed by atoms with Crippen molar-refractivity contribution in [1.29, 1.82) is 0 Å². The molecule has 0 saturated carbocycles. The number of carbonyl (C=O) groups is 2. The highest BCUT2D eigenvalue weighted by Gasteiger charge is 2.28. The maximum Gasteiger partial charge on any atom is 0.409 e. The Morgan fingerprint density at radius 1 is 1.07 bits per heavy atom. The van der Waals surface area contributed by atoms with Gasteiger partial charge in [0.15, 0.2) is 0 Å². The quantitative estimate of drug-likeness (QED) is 0.802. The summed E-state index contributed by atoms with van der Waals surface area (Å²) in [7, 11) is 0. The van der Waals surface area contributed by atoms with Crippen molar-refractivity contribution in [3.05, 3.63) is 18.1 Å². The molecule has 0 spiro atoms. The Labute approximate surface area is 160 Å². The first-order valence-electron chi connectivity index (χ1n) is 9.93. The molecule has 2 saturated heterocycles. The summed E-state index contributed by atoms with van der Waals surface area (Å²) in [5.41, 5.74) is 0.407. The number of aromatic nitrogens is 2. The van der Waals surface area contributed by atoms with Gasteiger partial charge in [0.1, 0.15) is 11.5 Å². The molecule has 3 rings (SSSR count). The average molecular weight is 375 g/mol. The van der Waals surface area contributed by atoms with Gasteiger partial charge in [0.25, 0.3) is 5.91 Å². The van der Waals surface area contributed by atoms with Crippen LogP contribution in [-0.2, 0) is 4.74 Å². The SMILES string of the molecule is CCOC(=O)N1CCN(c2cnc(C(=O)N3CCCCC3CC)cn2)CC1. The third-order valence-electron chi connectivity index (χ3n) is 5.35. The summed E-state index contributed by atoms with van der Waals surface area (Å²) in [5.74, 6) is 0.716. The molecule has 27 heavy (non-hydrogen) atoms. The molecule has 8 nitrogen and oxygen atoms in total. The fourth-order valence-corrected chi connectivity index (χ4v) is 3.77. The van der Waals surface area contributed by atoms with Crippen LogP contribution in [0.2, 0.25) is 0 Å². The van der Waals surface area contributed by atoms with E-state index in [1.807, 2.05) is 4.90 Å². The van der Waals surface area contributed by atoms with E-state index in [-0.39, 0.29) is 12.0 Å². The number of nitrogens with zero attached hydrogens (tertiary/aromatic N) is 5. The number of piperidine rings is 1. The maximum atomic E-state index is 12.8. The first-order chi connectivity index (χ1) is 13.1. The molecule has 1 aromatic rings. The van der Waals surface area contributed by atoms with Crippen molar-refractivity contribution in [3.8, 4) is 0 Å². The minimum Gasteiger partial charge on any atom is -0.450 e. The number of likely N-dealkylation sites (tertiary alicyclic amines) is 1. The van der Waals surface area contributed by atoms with Crippen LogP contribution < -0.4 is 4.90 Å². The Morgan fingerprint density at radius 3 is 2.48 bits per heavy atom. The minimum absolute atomic E-state index is 0.0206. The summed E-state index contributed by atoms with van der Waals surface area (Å²) >= 11 is 0. The molecular weight excluding hydrogens is 346 g/mol. The van der Waals surface area contributed by atoms with Crippen molar-refractivity contribution < 1.29 is 14.3 Å². The van der Waals surface area contributed by atoms with Gasteiger partial charge in [0.2, 0.25) is 0 Å². The maximum absolute atomic E-state index is 12.8. The average Bonchev–Trinajstić information content (AvgIpc) is 2.73. The Balaban J connectivity index is 1.59. The second kappa shape index (κ2) is 9.01. The van der Waals surface area contributed by atoms with Gasteiger partial charge in [0.05, 0.1) is 19.0 Å². The molecule has 0 radical (unpaired) electrons. The van der Waals surface area contributed by atoms with Gasteiger partial charge in [-0.25, -0.2) is 14.8 Å². The highest BCUT2D eigenvalue weighted by Crippen LogP contribution is 2.21. The molecule has 0 N–H and O–H groups in total. The van der Waals surface area contributed by atoms with Crippen molar-refractivity contribution in [3.63, 3.8) is 0 Å². The Bertz CT molecular complexity index is 643. The summed E-state index contributed by atoms with van der Waals surface area (Å²) in [6, 6.07) is 0.309. The number of piperazine rings is 1. The number of hydrogen-bond acceptors (Lipinski definition) is 6. The van der Waals surface area contributed by atoms with Crippen LogP contribution >= 0.6 is 0 Å². The molecule has 2 aliphatic heterocycles. The Morgan fingerprint density at radius 2 is 1.85 bits per heavy atom. The predicted molar refractivity (Wildman–Crippen MR) is 102 cm³/mol. The van der Waals surface area contributed by atoms with Crippen LogP contribution in [0.25, 0.3) is 0 Å². The van der Waals surface area contributed by atoms with Gasteiger partial charge in [0, 0.05) is 38.8 Å². The fraction of sp³-hybridized carbons (Fsp3) is 0.684. The van der Waals surface area contributed by atoms with Crippen LogP contribution in [0.3, 0.4) is 0 Å². The molecule has 2 aliphatic rings. The number of rotatable bonds is 4. The third kappa shape index (κ3) is 4.48. The lowest BCUT2D eigenvalue weighted by Crippen LogP contribution is -2.49. The van der Waals surface area contributed by atoms with Crippen LogP contribution in [0.5, 0.6) is 0 Å². The topological polar surface area (TPSA) is 78.9 Å². The Kier molecular flexibility index (Phi) is 6.47. The summed E-state index contributed by atoms with van der Waals surface area (Å²) < 4.78 is 5.04. The lowest BCUT2D eigenvalue weighted by Gasteiger charge is -2.35. The van der Waals surface area contributed by atoms with Gasteiger partial charge in [-0.05, 0) is 32.6 Å². The molecule has 148 valence electrons. The zero-order chi connectivity index (χ0) is 19.2. The van der Waals surface area contributed by atoms with Crippen LogP contribution in [0.15, 0.2) is 12.4 Å². The van der Waals surface area contributed by atoms with E-state index >= 15 is 0 Å². The lowest BCUT2D eigenvalue weighted by atomic mass is 10.00. The molecule has 0 bridgehead atoms. The van der Waals surface area contributed by atoms with Crippen LogP contribution in [-0.4, -0.2) is 77.1 Å². The number of amides is 2.